The fourth-order valence-electron chi connectivity index (χ4n) is 6.79. The van der Waals surface area contributed by atoms with Gasteiger partial charge in [0, 0.05) is 34.8 Å². The summed E-state index contributed by atoms with van der Waals surface area (Å²) in [6, 6.07) is 6.03. The number of likely N-dealkylation sites (tertiary alicyclic amines) is 1. The number of thiazole rings is 1. The lowest BCUT2D eigenvalue weighted by Gasteiger charge is -2.53. The maximum Gasteiger partial charge on any atom is 0.263 e. The maximum atomic E-state index is 13.1. The Labute approximate surface area is 222 Å². The predicted molar refractivity (Wildman–Crippen MR) is 142 cm³/mol. The summed E-state index contributed by atoms with van der Waals surface area (Å²) in [6.07, 6.45) is 3.98. The van der Waals surface area contributed by atoms with Crippen molar-refractivity contribution in [2.24, 2.45) is 23.2 Å². The predicted octanol–water partition coefficient (Wildman–Crippen LogP) is 4.91. The zero-order chi connectivity index (χ0) is 25.8. The average molecular weight is 552 g/mol. The van der Waals surface area contributed by atoms with E-state index in [1.807, 2.05) is 11.8 Å². The number of benzene rings is 1. The van der Waals surface area contributed by atoms with Crippen molar-refractivity contribution >= 4 is 44.0 Å². The van der Waals surface area contributed by atoms with E-state index in [4.69, 9.17) is 16.6 Å². The van der Waals surface area contributed by atoms with Gasteiger partial charge in [0.05, 0.1) is 16.7 Å². The van der Waals surface area contributed by atoms with Crippen molar-refractivity contribution in [1.29, 1.82) is 0 Å². The molecule has 2 aliphatic carbocycles. The molecular formula is C26H34ClN3O4S2. The van der Waals surface area contributed by atoms with E-state index >= 15 is 0 Å². The third-order valence-corrected chi connectivity index (χ3v) is 11.4. The van der Waals surface area contributed by atoms with Crippen molar-refractivity contribution in [3.63, 3.8) is 0 Å². The lowest BCUT2D eigenvalue weighted by atomic mass is 9.53. The van der Waals surface area contributed by atoms with Crippen molar-refractivity contribution < 1.29 is 18.3 Å². The number of aliphatic hydroxyl groups is 1. The summed E-state index contributed by atoms with van der Waals surface area (Å²) in [7, 11) is -3.79. The smallest absolute Gasteiger partial charge is 0.263 e. The Morgan fingerprint density at radius 3 is 2.61 bits per heavy atom. The monoisotopic (exact) mass is 551 g/mol. The number of rotatable bonds is 5. The van der Waals surface area contributed by atoms with Crippen LogP contribution in [0.15, 0.2) is 29.2 Å². The zero-order valence-electron chi connectivity index (χ0n) is 20.9. The van der Waals surface area contributed by atoms with E-state index in [2.05, 4.69) is 18.6 Å². The van der Waals surface area contributed by atoms with Gasteiger partial charge in [-0.25, -0.2) is 13.4 Å². The quantitative estimate of drug-likeness (QED) is 0.550. The van der Waals surface area contributed by atoms with Gasteiger partial charge in [0.1, 0.15) is 0 Å². The molecule has 2 N–H and O–H groups in total. The third-order valence-electron chi connectivity index (χ3n) is 8.72. The van der Waals surface area contributed by atoms with E-state index in [0.717, 1.165) is 55.8 Å². The number of hydrogen-bond donors (Lipinski definition) is 2. The number of halogens is 1. The molecule has 1 aliphatic heterocycles. The molecule has 36 heavy (non-hydrogen) atoms. The van der Waals surface area contributed by atoms with Crippen LogP contribution in [0.2, 0.25) is 5.02 Å². The normalized spacial score (nSPS) is 31.0. The van der Waals surface area contributed by atoms with Gasteiger partial charge in [-0.2, -0.15) is 0 Å². The minimum Gasteiger partial charge on any atom is -0.392 e. The van der Waals surface area contributed by atoms with Crippen LogP contribution in [0.5, 0.6) is 0 Å². The molecule has 6 atom stereocenters. The Morgan fingerprint density at radius 1 is 1.28 bits per heavy atom. The first-order chi connectivity index (χ1) is 17.0. The summed E-state index contributed by atoms with van der Waals surface area (Å²) >= 11 is 7.28. The molecule has 10 heteroatoms. The second-order valence-electron chi connectivity index (χ2n) is 11.0. The number of nitrogens with one attached hydrogen (secondary N) is 1. The molecule has 7 nitrogen and oxygen atoms in total. The molecule has 1 saturated carbocycles. The molecule has 1 aromatic heterocycles. The minimum absolute atomic E-state index is 0.0413. The first kappa shape index (κ1) is 25.9. The van der Waals surface area contributed by atoms with Crippen LogP contribution in [-0.2, 0) is 21.2 Å². The SMILES string of the molecule is C[C@H](C(=O)N1CCCC1)[C@@H]1CC[C@]2(C)Cc3sc(NS(=O)(=O)c4ccc(Cl)cc4)nc3[C@@H](C)[C@@H]2[C@H]1O. The summed E-state index contributed by atoms with van der Waals surface area (Å²) in [5.41, 5.74) is 0.729. The summed E-state index contributed by atoms with van der Waals surface area (Å²) in [6.45, 7) is 7.92. The van der Waals surface area contributed by atoms with Crippen molar-refractivity contribution in [1.82, 2.24) is 9.88 Å². The van der Waals surface area contributed by atoms with Gasteiger partial charge in [-0.3, -0.25) is 9.52 Å². The summed E-state index contributed by atoms with van der Waals surface area (Å²) in [5, 5.41) is 12.4. The number of fused-ring (bicyclic) bond motifs is 2. The number of amides is 1. The molecule has 2 aromatic rings. The second kappa shape index (κ2) is 9.57. The summed E-state index contributed by atoms with van der Waals surface area (Å²) < 4.78 is 28.4. The van der Waals surface area contributed by atoms with E-state index in [-0.39, 0.29) is 39.9 Å². The molecule has 1 amide bonds. The number of carbonyl (C=O) groups is 1. The Kier molecular flexibility index (Phi) is 6.89. The van der Waals surface area contributed by atoms with Crippen molar-refractivity contribution in [3.05, 3.63) is 39.9 Å². The first-order valence-electron chi connectivity index (χ1n) is 12.7. The molecule has 196 valence electrons. The topological polar surface area (TPSA) is 99.6 Å². The molecule has 1 saturated heterocycles. The molecule has 0 radical (unpaired) electrons. The van der Waals surface area contributed by atoms with Gasteiger partial charge in [0.15, 0.2) is 5.13 Å². The number of carbonyl (C=O) groups excluding carboxylic acids is 1. The van der Waals surface area contributed by atoms with Crippen molar-refractivity contribution in [3.8, 4) is 0 Å². The fourth-order valence-corrected chi connectivity index (χ4v) is 9.41. The van der Waals surface area contributed by atoms with Gasteiger partial charge in [-0.15, -0.1) is 11.3 Å². The minimum atomic E-state index is -3.79. The van der Waals surface area contributed by atoms with Crippen LogP contribution in [0, 0.1) is 23.2 Å². The zero-order valence-corrected chi connectivity index (χ0v) is 23.3. The van der Waals surface area contributed by atoms with Gasteiger partial charge in [-0.05, 0) is 73.6 Å². The van der Waals surface area contributed by atoms with Crippen molar-refractivity contribution in [2.45, 2.75) is 69.8 Å². The van der Waals surface area contributed by atoms with Gasteiger partial charge in [0.2, 0.25) is 5.91 Å². The van der Waals surface area contributed by atoms with Gasteiger partial charge in [0.25, 0.3) is 10.0 Å². The first-order valence-corrected chi connectivity index (χ1v) is 15.4. The van der Waals surface area contributed by atoms with E-state index in [9.17, 15) is 18.3 Å². The van der Waals surface area contributed by atoms with E-state index in [0.29, 0.717) is 10.2 Å². The molecule has 3 aliphatic rings. The summed E-state index contributed by atoms with van der Waals surface area (Å²) in [5.74, 6) is -0.219. The van der Waals surface area contributed by atoms with Crippen LogP contribution in [0.1, 0.15) is 62.9 Å². The molecule has 1 aromatic carbocycles. The summed E-state index contributed by atoms with van der Waals surface area (Å²) in [4.78, 5) is 21.0. The van der Waals surface area contributed by atoms with Gasteiger partial charge < -0.3 is 10.0 Å². The van der Waals surface area contributed by atoms with Crippen LogP contribution < -0.4 is 4.72 Å². The third kappa shape index (κ3) is 4.57. The van der Waals surface area contributed by atoms with Gasteiger partial charge in [-0.1, -0.05) is 32.4 Å². The van der Waals surface area contributed by atoms with Crippen LogP contribution >= 0.6 is 22.9 Å². The molecular weight excluding hydrogens is 518 g/mol. The molecule has 2 heterocycles. The lowest BCUT2D eigenvalue weighted by molar-refractivity contribution is -0.143. The maximum absolute atomic E-state index is 13.1. The van der Waals surface area contributed by atoms with E-state index in [1.165, 1.54) is 23.5 Å². The van der Waals surface area contributed by atoms with Crippen LogP contribution in [0.3, 0.4) is 0 Å². The number of hydrogen-bond acceptors (Lipinski definition) is 6. The Balaban J connectivity index is 1.37. The number of aromatic nitrogens is 1. The fraction of sp³-hybridized carbons (Fsp3) is 0.615. The Bertz CT molecular complexity index is 1240. The lowest BCUT2D eigenvalue weighted by Crippen LogP contribution is -2.53. The van der Waals surface area contributed by atoms with Crippen molar-refractivity contribution in [2.75, 3.05) is 17.8 Å². The number of aliphatic hydroxyl groups excluding tert-OH is 1. The number of sulfonamides is 1. The largest absolute Gasteiger partial charge is 0.392 e. The highest BCUT2D eigenvalue weighted by Gasteiger charge is 2.54. The van der Waals surface area contributed by atoms with E-state index in [1.54, 1.807) is 12.1 Å². The molecule has 0 bridgehead atoms. The van der Waals surface area contributed by atoms with Crippen LogP contribution in [0.4, 0.5) is 5.13 Å². The second-order valence-corrected chi connectivity index (χ2v) is 14.2. The standard InChI is InChI=1S/C26H34ClN3O4S2/c1-15(24(32)30-12-4-5-13-30)19-10-11-26(3)14-20-22(16(2)21(26)23(19)31)28-25(35-20)29-36(33,34)18-8-6-17(27)7-9-18/h6-9,15-16,19,21,23,31H,4-5,10-14H2,1-3H3,(H,28,29)/t15-,16-,19-,21+,23-,26+/m0/s1. The highest BCUT2D eigenvalue weighted by atomic mass is 35.5. The number of nitrogens with zero attached hydrogens (tertiary/aromatic N) is 2. The molecule has 0 unspecified atom stereocenters. The Morgan fingerprint density at radius 2 is 1.94 bits per heavy atom. The molecule has 0 spiro atoms. The van der Waals surface area contributed by atoms with Crippen LogP contribution in [0.25, 0.3) is 0 Å². The van der Waals surface area contributed by atoms with E-state index < -0.39 is 16.1 Å². The Hall–Kier alpha value is -1.68. The highest BCUT2D eigenvalue weighted by Crippen LogP contribution is 2.57. The average Bonchev–Trinajstić information content (AvgIpc) is 3.48. The highest BCUT2D eigenvalue weighted by molar-refractivity contribution is 7.93. The molecule has 5 rings (SSSR count). The van der Waals surface area contributed by atoms with Crippen LogP contribution in [-0.4, -0.2) is 48.5 Å². The van der Waals surface area contributed by atoms with Gasteiger partial charge >= 0.3 is 0 Å². The number of anilines is 1. The molecule has 2 fully saturated rings.